The molecule has 0 saturated heterocycles. The molecule has 0 radical (unpaired) electrons. The molecule has 0 unspecified atom stereocenters. The first-order valence-corrected chi connectivity index (χ1v) is 7.22. The third-order valence-corrected chi connectivity index (χ3v) is 3.25. The highest BCUT2D eigenvalue weighted by Gasteiger charge is 2.10. The van der Waals surface area contributed by atoms with E-state index in [0.717, 1.165) is 5.56 Å². The Hall–Kier alpha value is -3.57. The van der Waals surface area contributed by atoms with Gasteiger partial charge >= 0.3 is 0 Å². The van der Waals surface area contributed by atoms with Crippen LogP contribution in [0.4, 0.5) is 5.69 Å². The maximum absolute atomic E-state index is 12.2. The monoisotopic (exact) mass is 317 g/mol. The minimum absolute atomic E-state index is 0.00365. The fraction of sp³-hybridized carbons (Fsp3) is 0.105. The molecule has 0 heterocycles. The summed E-state index contributed by atoms with van der Waals surface area (Å²) in [6.07, 6.45) is 1.50. The number of carbonyl (C=O) groups excluding carboxylic acids is 1. The number of benzene rings is 2. The van der Waals surface area contributed by atoms with Gasteiger partial charge in [-0.3, -0.25) is 4.79 Å². The fourth-order valence-electron chi connectivity index (χ4n) is 1.99. The van der Waals surface area contributed by atoms with Crippen molar-refractivity contribution in [3.63, 3.8) is 0 Å². The number of amides is 1. The van der Waals surface area contributed by atoms with Crippen LogP contribution in [-0.2, 0) is 4.79 Å². The molecule has 2 aromatic carbocycles. The first kappa shape index (κ1) is 16.8. The van der Waals surface area contributed by atoms with Crippen LogP contribution < -0.4 is 10.1 Å². The van der Waals surface area contributed by atoms with Gasteiger partial charge in [0.05, 0.1) is 0 Å². The summed E-state index contributed by atoms with van der Waals surface area (Å²) in [5.74, 6) is 0.0909. The summed E-state index contributed by atoms with van der Waals surface area (Å²) in [7, 11) is 0. The molecular weight excluding hydrogens is 302 g/mol. The minimum Gasteiger partial charge on any atom is -0.479 e. The second kappa shape index (κ2) is 8.17. The van der Waals surface area contributed by atoms with Crippen LogP contribution in [-0.4, -0.2) is 12.5 Å². The quantitative estimate of drug-likeness (QED) is 0.676. The Morgan fingerprint density at radius 3 is 2.50 bits per heavy atom. The van der Waals surface area contributed by atoms with Crippen molar-refractivity contribution in [3.8, 4) is 17.9 Å². The Bertz CT molecular complexity index is 840. The first-order valence-electron chi connectivity index (χ1n) is 7.22. The minimum atomic E-state index is -0.461. The van der Waals surface area contributed by atoms with Crippen molar-refractivity contribution in [2.24, 2.45) is 0 Å². The molecule has 0 saturated carbocycles. The third-order valence-electron chi connectivity index (χ3n) is 3.25. The van der Waals surface area contributed by atoms with Gasteiger partial charge in [-0.15, -0.1) is 0 Å². The molecular formula is C19H15N3O2. The van der Waals surface area contributed by atoms with E-state index >= 15 is 0 Å². The standard InChI is InChI=1S/C19H15N3O2/c1-14-4-2-3-5-18(14)22-19(23)16(13-21)12-15-6-8-17(9-7-15)24-11-10-20/h2-9,12H,11H2,1H3,(H,22,23)/b16-12+. The normalized spacial score (nSPS) is 10.4. The molecule has 1 amide bonds. The number of rotatable bonds is 5. The lowest BCUT2D eigenvalue weighted by Gasteiger charge is -2.07. The number of nitriles is 2. The van der Waals surface area contributed by atoms with Crippen LogP contribution in [0.2, 0.25) is 0 Å². The molecule has 0 aliphatic rings. The number of hydrogen-bond acceptors (Lipinski definition) is 4. The average Bonchev–Trinajstić information content (AvgIpc) is 2.60. The van der Waals surface area contributed by atoms with Crippen molar-refractivity contribution in [2.45, 2.75) is 6.92 Å². The van der Waals surface area contributed by atoms with Crippen LogP contribution in [0.15, 0.2) is 54.1 Å². The molecule has 1 N–H and O–H groups in total. The summed E-state index contributed by atoms with van der Waals surface area (Å²) in [6.45, 7) is 1.85. The number of ether oxygens (including phenoxy) is 1. The molecule has 0 bridgehead atoms. The summed E-state index contributed by atoms with van der Waals surface area (Å²) in [6, 6.07) is 17.9. The first-order chi connectivity index (χ1) is 11.6. The Labute approximate surface area is 140 Å². The topological polar surface area (TPSA) is 85.9 Å². The second-order valence-corrected chi connectivity index (χ2v) is 4.95. The number of carbonyl (C=O) groups is 1. The SMILES string of the molecule is Cc1ccccc1NC(=O)/C(C#N)=C/c1ccc(OCC#N)cc1. The van der Waals surface area contributed by atoms with Gasteiger partial charge in [0.25, 0.3) is 5.91 Å². The number of nitrogens with one attached hydrogen (secondary N) is 1. The Morgan fingerprint density at radius 2 is 1.88 bits per heavy atom. The molecule has 2 aromatic rings. The lowest BCUT2D eigenvalue weighted by Crippen LogP contribution is -2.14. The van der Waals surface area contributed by atoms with Gasteiger partial charge < -0.3 is 10.1 Å². The summed E-state index contributed by atoms with van der Waals surface area (Å²) in [5, 5.41) is 20.4. The number of para-hydroxylation sites is 1. The molecule has 0 fully saturated rings. The van der Waals surface area contributed by atoms with Gasteiger partial charge in [-0.2, -0.15) is 10.5 Å². The van der Waals surface area contributed by atoms with Gasteiger partial charge in [0, 0.05) is 5.69 Å². The van der Waals surface area contributed by atoms with Crippen molar-refractivity contribution in [1.82, 2.24) is 0 Å². The molecule has 118 valence electrons. The molecule has 0 aliphatic heterocycles. The summed E-state index contributed by atoms with van der Waals surface area (Å²) >= 11 is 0. The van der Waals surface area contributed by atoms with Crippen molar-refractivity contribution in [2.75, 3.05) is 11.9 Å². The fourth-order valence-corrected chi connectivity index (χ4v) is 1.99. The zero-order valence-electron chi connectivity index (χ0n) is 13.1. The number of aryl methyl sites for hydroxylation is 1. The Balaban J connectivity index is 2.14. The van der Waals surface area contributed by atoms with Gasteiger partial charge in [-0.25, -0.2) is 0 Å². The highest BCUT2D eigenvalue weighted by Crippen LogP contribution is 2.17. The van der Waals surface area contributed by atoms with Crippen molar-refractivity contribution >= 4 is 17.7 Å². The van der Waals surface area contributed by atoms with E-state index in [1.807, 2.05) is 37.3 Å². The molecule has 5 nitrogen and oxygen atoms in total. The maximum atomic E-state index is 12.2. The van der Waals surface area contributed by atoms with Crippen molar-refractivity contribution in [1.29, 1.82) is 10.5 Å². The third kappa shape index (κ3) is 4.46. The Kier molecular flexibility index (Phi) is 5.71. The number of anilines is 1. The van der Waals surface area contributed by atoms with E-state index < -0.39 is 5.91 Å². The smallest absolute Gasteiger partial charge is 0.266 e. The summed E-state index contributed by atoms with van der Waals surface area (Å²) in [5.41, 5.74) is 2.28. The highest BCUT2D eigenvalue weighted by atomic mass is 16.5. The van der Waals surface area contributed by atoms with Crippen LogP contribution in [0.3, 0.4) is 0 Å². The lowest BCUT2D eigenvalue weighted by atomic mass is 10.1. The zero-order valence-corrected chi connectivity index (χ0v) is 13.1. The van der Waals surface area contributed by atoms with Gasteiger partial charge in [0.15, 0.2) is 6.61 Å². The molecule has 2 rings (SSSR count). The van der Waals surface area contributed by atoms with Crippen LogP contribution in [0.5, 0.6) is 5.75 Å². The zero-order chi connectivity index (χ0) is 17.4. The van der Waals surface area contributed by atoms with Gasteiger partial charge in [-0.05, 0) is 42.3 Å². The van der Waals surface area contributed by atoms with E-state index in [1.165, 1.54) is 6.08 Å². The summed E-state index contributed by atoms with van der Waals surface area (Å²) < 4.78 is 5.15. The molecule has 0 spiro atoms. The second-order valence-electron chi connectivity index (χ2n) is 4.95. The van der Waals surface area contributed by atoms with Crippen LogP contribution in [0.1, 0.15) is 11.1 Å². The van der Waals surface area contributed by atoms with Crippen LogP contribution >= 0.6 is 0 Å². The van der Waals surface area contributed by atoms with E-state index in [0.29, 0.717) is 17.0 Å². The number of nitrogens with zero attached hydrogens (tertiary/aromatic N) is 2. The number of hydrogen-bond donors (Lipinski definition) is 1. The van der Waals surface area contributed by atoms with E-state index in [4.69, 9.17) is 10.00 Å². The lowest BCUT2D eigenvalue weighted by molar-refractivity contribution is -0.112. The highest BCUT2D eigenvalue weighted by molar-refractivity contribution is 6.09. The molecule has 5 heteroatoms. The van der Waals surface area contributed by atoms with Gasteiger partial charge in [-0.1, -0.05) is 30.3 Å². The van der Waals surface area contributed by atoms with Crippen LogP contribution in [0, 0.1) is 29.6 Å². The molecule has 0 aromatic heterocycles. The van der Waals surface area contributed by atoms with E-state index in [-0.39, 0.29) is 12.2 Å². The molecule has 24 heavy (non-hydrogen) atoms. The maximum Gasteiger partial charge on any atom is 0.266 e. The van der Waals surface area contributed by atoms with E-state index in [2.05, 4.69) is 5.32 Å². The summed E-state index contributed by atoms with van der Waals surface area (Å²) in [4.78, 5) is 12.2. The Morgan fingerprint density at radius 1 is 1.17 bits per heavy atom. The molecule has 0 atom stereocenters. The van der Waals surface area contributed by atoms with Crippen LogP contribution in [0.25, 0.3) is 6.08 Å². The van der Waals surface area contributed by atoms with E-state index in [1.54, 1.807) is 30.3 Å². The van der Waals surface area contributed by atoms with Crippen molar-refractivity contribution < 1.29 is 9.53 Å². The van der Waals surface area contributed by atoms with Gasteiger partial charge in [0.1, 0.15) is 23.5 Å². The van der Waals surface area contributed by atoms with Gasteiger partial charge in [0.2, 0.25) is 0 Å². The van der Waals surface area contributed by atoms with Crippen molar-refractivity contribution in [3.05, 3.63) is 65.2 Å². The van der Waals surface area contributed by atoms with E-state index in [9.17, 15) is 10.1 Å². The average molecular weight is 317 g/mol. The molecule has 0 aliphatic carbocycles. The largest absolute Gasteiger partial charge is 0.479 e. The predicted octanol–water partition coefficient (Wildman–Crippen LogP) is 3.44. The predicted molar refractivity (Wildman–Crippen MR) is 90.9 cm³/mol.